The van der Waals surface area contributed by atoms with Crippen molar-refractivity contribution >= 4 is 27.6 Å². The number of sulfonamides is 1. The van der Waals surface area contributed by atoms with Crippen LogP contribution < -0.4 is 5.14 Å². The molecule has 1 aromatic rings. The van der Waals surface area contributed by atoms with Crippen molar-refractivity contribution in [3.63, 3.8) is 0 Å². The van der Waals surface area contributed by atoms with Crippen molar-refractivity contribution in [3.05, 3.63) is 28.8 Å². The molecule has 0 bridgehead atoms. The van der Waals surface area contributed by atoms with Crippen LogP contribution in [0.4, 0.5) is 0 Å². The van der Waals surface area contributed by atoms with E-state index < -0.39 is 22.1 Å². The molecule has 0 aliphatic heterocycles. The number of benzene rings is 1. The number of primary sulfonamides is 1. The van der Waals surface area contributed by atoms with Crippen LogP contribution >= 0.6 is 11.6 Å². The second-order valence-electron chi connectivity index (χ2n) is 3.86. The van der Waals surface area contributed by atoms with E-state index in [9.17, 15) is 13.2 Å². The molecule has 0 aliphatic carbocycles. The van der Waals surface area contributed by atoms with Gasteiger partial charge < -0.3 is 9.47 Å². The van der Waals surface area contributed by atoms with E-state index in [1.165, 1.54) is 19.2 Å². The maximum atomic E-state index is 11.8. The minimum absolute atomic E-state index is 0.0591. The van der Waals surface area contributed by atoms with Crippen molar-refractivity contribution in [2.75, 3.05) is 13.7 Å². The highest BCUT2D eigenvalue weighted by molar-refractivity contribution is 7.89. The van der Waals surface area contributed by atoms with Gasteiger partial charge in [0.05, 0.1) is 22.1 Å². The van der Waals surface area contributed by atoms with Gasteiger partial charge >= 0.3 is 5.97 Å². The van der Waals surface area contributed by atoms with E-state index in [0.717, 1.165) is 6.07 Å². The molecule has 0 amide bonds. The van der Waals surface area contributed by atoms with Gasteiger partial charge in [-0.15, -0.1) is 0 Å². The molecule has 0 saturated heterocycles. The van der Waals surface area contributed by atoms with Crippen molar-refractivity contribution in [3.8, 4) is 0 Å². The predicted octanol–water partition coefficient (Wildman–Crippen LogP) is 1.18. The highest BCUT2D eigenvalue weighted by Gasteiger charge is 2.18. The molecule has 1 rings (SSSR count). The second kappa shape index (κ2) is 6.33. The molecule has 0 saturated carbocycles. The molecule has 0 fully saturated rings. The molecule has 0 aliphatic rings. The number of carbonyl (C=O) groups is 1. The third-order valence-corrected chi connectivity index (χ3v) is 3.44. The van der Waals surface area contributed by atoms with Gasteiger partial charge in [-0.05, 0) is 25.1 Å². The van der Waals surface area contributed by atoms with Crippen molar-refractivity contribution in [1.82, 2.24) is 0 Å². The van der Waals surface area contributed by atoms with Gasteiger partial charge in [0, 0.05) is 7.11 Å². The van der Waals surface area contributed by atoms with E-state index in [-0.39, 0.29) is 22.1 Å². The monoisotopic (exact) mass is 307 g/mol. The van der Waals surface area contributed by atoms with Gasteiger partial charge in [0.15, 0.2) is 0 Å². The summed E-state index contributed by atoms with van der Waals surface area (Å²) in [5.41, 5.74) is -0.0591. The average Bonchev–Trinajstić information content (AvgIpc) is 2.27. The highest BCUT2D eigenvalue weighted by atomic mass is 35.5. The van der Waals surface area contributed by atoms with E-state index >= 15 is 0 Å². The molecule has 19 heavy (non-hydrogen) atoms. The Balaban J connectivity index is 3.03. The van der Waals surface area contributed by atoms with Crippen LogP contribution in [0.25, 0.3) is 0 Å². The Labute approximate surface area is 116 Å². The van der Waals surface area contributed by atoms with Crippen molar-refractivity contribution < 1.29 is 22.7 Å². The van der Waals surface area contributed by atoms with Crippen LogP contribution in [0.5, 0.6) is 0 Å². The minimum Gasteiger partial charge on any atom is -0.457 e. The Kier molecular flexibility index (Phi) is 5.30. The number of hydrogen-bond donors (Lipinski definition) is 1. The van der Waals surface area contributed by atoms with Crippen LogP contribution in [0.1, 0.15) is 17.3 Å². The van der Waals surface area contributed by atoms with E-state index in [2.05, 4.69) is 0 Å². The molecule has 0 spiro atoms. The van der Waals surface area contributed by atoms with Gasteiger partial charge in [0.25, 0.3) is 0 Å². The Morgan fingerprint density at radius 2 is 2.11 bits per heavy atom. The van der Waals surface area contributed by atoms with E-state index in [4.69, 9.17) is 26.2 Å². The van der Waals surface area contributed by atoms with Gasteiger partial charge in [0.1, 0.15) is 6.10 Å². The standard InChI is InChI=1S/C11H14ClNO5S/c1-7(6-17-2)18-11(14)9-5-8(19(13,15)16)3-4-10(9)12/h3-5,7H,6H2,1-2H3,(H2,13,15,16). The minimum atomic E-state index is -3.91. The van der Waals surface area contributed by atoms with Gasteiger partial charge in [-0.1, -0.05) is 11.6 Å². The fraction of sp³-hybridized carbons (Fsp3) is 0.364. The number of hydrogen-bond acceptors (Lipinski definition) is 5. The molecule has 0 radical (unpaired) electrons. The molecule has 0 aromatic heterocycles. The molecule has 1 aromatic carbocycles. The Bertz CT molecular complexity index is 572. The van der Waals surface area contributed by atoms with Crippen molar-refractivity contribution in [2.24, 2.45) is 5.14 Å². The first-order valence-electron chi connectivity index (χ1n) is 5.28. The maximum absolute atomic E-state index is 11.8. The SMILES string of the molecule is COCC(C)OC(=O)c1cc(S(N)(=O)=O)ccc1Cl. The highest BCUT2D eigenvalue weighted by Crippen LogP contribution is 2.21. The maximum Gasteiger partial charge on any atom is 0.340 e. The fourth-order valence-electron chi connectivity index (χ4n) is 1.35. The van der Waals surface area contributed by atoms with E-state index in [1.807, 2.05) is 0 Å². The number of rotatable bonds is 5. The quantitative estimate of drug-likeness (QED) is 0.824. The molecule has 0 heterocycles. The lowest BCUT2D eigenvalue weighted by Gasteiger charge is -2.13. The van der Waals surface area contributed by atoms with Gasteiger partial charge in [-0.25, -0.2) is 18.4 Å². The van der Waals surface area contributed by atoms with Crippen LogP contribution in [-0.4, -0.2) is 34.2 Å². The van der Waals surface area contributed by atoms with Crippen molar-refractivity contribution in [2.45, 2.75) is 17.9 Å². The number of esters is 1. The number of carbonyl (C=O) groups excluding carboxylic acids is 1. The largest absolute Gasteiger partial charge is 0.457 e. The smallest absolute Gasteiger partial charge is 0.340 e. The van der Waals surface area contributed by atoms with Crippen molar-refractivity contribution in [1.29, 1.82) is 0 Å². The first-order chi connectivity index (χ1) is 8.75. The number of nitrogens with two attached hydrogens (primary N) is 1. The lowest BCUT2D eigenvalue weighted by molar-refractivity contribution is 0.0120. The molecular formula is C11H14ClNO5S. The normalized spacial score (nSPS) is 13.1. The van der Waals surface area contributed by atoms with Crippen LogP contribution in [0.2, 0.25) is 5.02 Å². The van der Waals surface area contributed by atoms with Crippen LogP contribution in [0.15, 0.2) is 23.1 Å². The average molecular weight is 308 g/mol. The Morgan fingerprint density at radius 1 is 1.47 bits per heavy atom. The lowest BCUT2D eigenvalue weighted by Crippen LogP contribution is -2.20. The number of ether oxygens (including phenoxy) is 2. The summed E-state index contributed by atoms with van der Waals surface area (Å²) in [7, 11) is -2.43. The third kappa shape index (κ3) is 4.46. The van der Waals surface area contributed by atoms with Crippen LogP contribution in [0.3, 0.4) is 0 Å². The van der Waals surface area contributed by atoms with Crippen LogP contribution in [-0.2, 0) is 19.5 Å². The summed E-state index contributed by atoms with van der Waals surface area (Å²) in [6, 6.07) is 3.57. The number of halogens is 1. The molecule has 8 heteroatoms. The van der Waals surface area contributed by atoms with Gasteiger partial charge in [-0.2, -0.15) is 0 Å². The molecule has 2 N–H and O–H groups in total. The van der Waals surface area contributed by atoms with Gasteiger partial charge in [0.2, 0.25) is 10.0 Å². The zero-order chi connectivity index (χ0) is 14.6. The lowest BCUT2D eigenvalue weighted by atomic mass is 10.2. The fourth-order valence-corrected chi connectivity index (χ4v) is 2.09. The summed E-state index contributed by atoms with van der Waals surface area (Å²) in [6.07, 6.45) is -0.480. The summed E-state index contributed by atoms with van der Waals surface area (Å²) < 4.78 is 32.3. The summed E-state index contributed by atoms with van der Waals surface area (Å²) in [4.78, 5) is 11.6. The van der Waals surface area contributed by atoms with E-state index in [0.29, 0.717) is 0 Å². The molecule has 6 nitrogen and oxygen atoms in total. The van der Waals surface area contributed by atoms with Gasteiger partial charge in [-0.3, -0.25) is 0 Å². The summed E-state index contributed by atoms with van der Waals surface area (Å²) in [5.74, 6) is -0.736. The third-order valence-electron chi connectivity index (χ3n) is 2.20. The second-order valence-corrected chi connectivity index (χ2v) is 5.83. The first-order valence-corrected chi connectivity index (χ1v) is 7.20. The van der Waals surface area contributed by atoms with Crippen LogP contribution in [0, 0.1) is 0 Å². The summed E-state index contributed by atoms with van der Waals surface area (Å²) >= 11 is 5.83. The summed E-state index contributed by atoms with van der Waals surface area (Å²) in [5, 5.41) is 5.07. The Morgan fingerprint density at radius 3 is 2.63 bits per heavy atom. The summed E-state index contributed by atoms with van der Waals surface area (Å²) in [6.45, 7) is 1.86. The van der Waals surface area contributed by atoms with E-state index in [1.54, 1.807) is 6.92 Å². The molecular weight excluding hydrogens is 294 g/mol. The molecule has 1 atom stereocenters. The zero-order valence-corrected chi connectivity index (χ0v) is 12.0. The zero-order valence-electron chi connectivity index (χ0n) is 10.4. The predicted molar refractivity (Wildman–Crippen MR) is 69.6 cm³/mol. The topological polar surface area (TPSA) is 95.7 Å². The first kappa shape index (κ1) is 15.9. The Hall–Kier alpha value is -1.15. The number of methoxy groups -OCH3 is 1. The molecule has 1 unspecified atom stereocenters. The molecule has 106 valence electrons.